The van der Waals surface area contributed by atoms with Crippen LogP contribution in [0.1, 0.15) is 41.5 Å². The zero-order valence-electron chi connectivity index (χ0n) is 17.4. The van der Waals surface area contributed by atoms with Crippen LogP contribution in [-0.2, 0) is 15.7 Å². The van der Waals surface area contributed by atoms with E-state index in [9.17, 15) is 14.9 Å². The largest absolute Gasteiger partial charge is 0.443 e. The fraction of sp³-hybridized carbons (Fsp3) is 0.765. The molecule has 27 heavy (non-hydrogen) atoms. The van der Waals surface area contributed by atoms with Gasteiger partial charge in [0.1, 0.15) is 5.60 Å². The predicted molar refractivity (Wildman–Crippen MR) is 105 cm³/mol. The minimum Gasteiger partial charge on any atom is -0.443 e. The summed E-state index contributed by atoms with van der Waals surface area (Å²) in [4.78, 5) is 24.7. The van der Waals surface area contributed by atoms with E-state index in [4.69, 9.17) is 9.16 Å². The van der Waals surface area contributed by atoms with Crippen LogP contribution in [-0.4, -0.2) is 47.4 Å². The number of nitro groups is 1. The molecule has 9 nitrogen and oxygen atoms in total. The van der Waals surface area contributed by atoms with Crippen molar-refractivity contribution in [2.75, 3.05) is 11.4 Å². The summed E-state index contributed by atoms with van der Waals surface area (Å²) in [6, 6.07) is 1.30. The van der Waals surface area contributed by atoms with Gasteiger partial charge in [0.05, 0.1) is 30.4 Å². The van der Waals surface area contributed by atoms with Gasteiger partial charge < -0.3 is 19.3 Å². The van der Waals surface area contributed by atoms with Crippen molar-refractivity contribution in [2.24, 2.45) is 0 Å². The molecule has 1 aromatic heterocycles. The van der Waals surface area contributed by atoms with Gasteiger partial charge >= 0.3 is 11.9 Å². The Morgan fingerprint density at radius 1 is 1.26 bits per heavy atom. The number of carbonyl (C=O) groups excluding carboxylic acids is 1. The molecule has 1 aromatic rings. The standard InChI is InChI=1S/C17H30N4O5Si/c1-16(2,3)25-15(22)19-10-12(26-27(7,8)17(4,5)6)11-20-14(19)9-13(18-20)21(23)24/h9,12H,10-11H2,1-8H3. The minimum atomic E-state index is -2.09. The van der Waals surface area contributed by atoms with E-state index in [1.54, 1.807) is 20.8 Å². The van der Waals surface area contributed by atoms with Crippen molar-refractivity contribution in [3.63, 3.8) is 0 Å². The molecule has 1 amide bonds. The van der Waals surface area contributed by atoms with Crippen LogP contribution in [0.2, 0.25) is 18.1 Å². The van der Waals surface area contributed by atoms with Gasteiger partial charge in [-0.25, -0.2) is 4.79 Å². The molecule has 1 atom stereocenters. The van der Waals surface area contributed by atoms with E-state index in [-0.39, 0.29) is 23.5 Å². The summed E-state index contributed by atoms with van der Waals surface area (Å²) in [5.41, 5.74) is -0.679. The molecule has 0 aromatic carbocycles. The smallest absolute Gasteiger partial charge is 0.416 e. The van der Waals surface area contributed by atoms with Gasteiger partial charge in [-0.1, -0.05) is 20.8 Å². The molecule has 0 radical (unpaired) electrons. The second-order valence-electron chi connectivity index (χ2n) is 9.39. The first kappa shape index (κ1) is 21.4. The Morgan fingerprint density at radius 2 is 1.85 bits per heavy atom. The average Bonchev–Trinajstić information content (AvgIpc) is 2.86. The lowest BCUT2D eigenvalue weighted by atomic mass is 10.2. The highest BCUT2D eigenvalue weighted by atomic mass is 28.4. The molecule has 2 heterocycles. The summed E-state index contributed by atoms with van der Waals surface area (Å²) in [5.74, 6) is 0.0533. The van der Waals surface area contributed by atoms with Gasteiger partial charge in [0.25, 0.3) is 0 Å². The summed E-state index contributed by atoms with van der Waals surface area (Å²) in [6.45, 7) is 16.6. The monoisotopic (exact) mass is 398 g/mol. The summed E-state index contributed by atoms with van der Waals surface area (Å²) in [7, 11) is -2.09. The maximum absolute atomic E-state index is 12.7. The van der Waals surface area contributed by atoms with E-state index in [2.05, 4.69) is 39.0 Å². The van der Waals surface area contributed by atoms with Crippen molar-refractivity contribution >= 4 is 26.0 Å². The third-order valence-corrected chi connectivity index (χ3v) is 9.39. The van der Waals surface area contributed by atoms with Crippen LogP contribution in [0, 0.1) is 10.1 Å². The topological polar surface area (TPSA) is 99.7 Å². The lowest BCUT2D eigenvalue weighted by molar-refractivity contribution is -0.389. The van der Waals surface area contributed by atoms with Crippen molar-refractivity contribution < 1.29 is 18.9 Å². The molecule has 0 N–H and O–H groups in total. The second-order valence-corrected chi connectivity index (χ2v) is 14.1. The number of anilines is 1. The first-order valence-corrected chi connectivity index (χ1v) is 11.9. The van der Waals surface area contributed by atoms with Crippen LogP contribution in [0.3, 0.4) is 0 Å². The number of carbonyl (C=O) groups is 1. The van der Waals surface area contributed by atoms with Gasteiger partial charge in [-0.2, -0.15) is 4.68 Å². The summed E-state index contributed by atoms with van der Waals surface area (Å²) in [6.07, 6.45) is -0.882. The zero-order chi connectivity index (χ0) is 20.8. The van der Waals surface area contributed by atoms with Crippen molar-refractivity contribution in [3.8, 4) is 0 Å². The van der Waals surface area contributed by atoms with E-state index in [1.165, 1.54) is 15.6 Å². The number of hydrogen-bond donors (Lipinski definition) is 0. The molecule has 2 rings (SSSR count). The number of rotatable bonds is 3. The Balaban J connectivity index is 2.35. The fourth-order valence-corrected chi connectivity index (χ4v) is 3.87. The number of hydrogen-bond acceptors (Lipinski definition) is 6. The number of ether oxygens (including phenoxy) is 1. The molecule has 0 bridgehead atoms. The van der Waals surface area contributed by atoms with Crippen LogP contribution >= 0.6 is 0 Å². The Kier molecular flexibility index (Phi) is 5.46. The highest BCUT2D eigenvalue weighted by molar-refractivity contribution is 6.74. The summed E-state index contributed by atoms with van der Waals surface area (Å²) in [5, 5.41) is 15.2. The maximum Gasteiger partial charge on any atom is 0.416 e. The van der Waals surface area contributed by atoms with E-state index < -0.39 is 24.9 Å². The Morgan fingerprint density at radius 3 is 2.33 bits per heavy atom. The average molecular weight is 399 g/mol. The first-order valence-electron chi connectivity index (χ1n) is 9.01. The first-order chi connectivity index (χ1) is 12.1. The molecule has 0 saturated carbocycles. The maximum atomic E-state index is 12.7. The molecule has 0 saturated heterocycles. The fourth-order valence-electron chi connectivity index (χ4n) is 2.54. The molecule has 10 heteroatoms. The van der Waals surface area contributed by atoms with Crippen LogP contribution in [0.15, 0.2) is 6.07 Å². The van der Waals surface area contributed by atoms with E-state index in [1.807, 2.05) is 0 Å². The molecule has 152 valence electrons. The van der Waals surface area contributed by atoms with Crippen molar-refractivity contribution in [2.45, 2.75) is 77.9 Å². The molecule has 1 aliphatic heterocycles. The van der Waals surface area contributed by atoms with Crippen LogP contribution < -0.4 is 4.90 Å². The van der Waals surface area contributed by atoms with Gasteiger partial charge in [-0.3, -0.25) is 4.90 Å². The second kappa shape index (κ2) is 6.90. The van der Waals surface area contributed by atoms with Gasteiger partial charge in [0.2, 0.25) is 0 Å². The quantitative estimate of drug-likeness (QED) is 0.434. The highest BCUT2D eigenvalue weighted by Gasteiger charge is 2.43. The summed E-state index contributed by atoms with van der Waals surface area (Å²) >= 11 is 0. The zero-order valence-corrected chi connectivity index (χ0v) is 18.4. The van der Waals surface area contributed by atoms with E-state index >= 15 is 0 Å². The van der Waals surface area contributed by atoms with E-state index in [0.29, 0.717) is 12.4 Å². The number of nitrogens with zero attached hydrogens (tertiary/aromatic N) is 4. The van der Waals surface area contributed by atoms with E-state index in [0.717, 1.165) is 0 Å². The highest BCUT2D eigenvalue weighted by Crippen LogP contribution is 2.38. The number of aromatic nitrogens is 2. The molecule has 0 aliphatic carbocycles. The van der Waals surface area contributed by atoms with Gasteiger partial charge in [-0.05, 0) is 43.8 Å². The van der Waals surface area contributed by atoms with Gasteiger partial charge in [-0.15, -0.1) is 0 Å². The lowest BCUT2D eigenvalue weighted by Crippen LogP contribution is -2.52. The SMILES string of the molecule is CC(C)(C)OC(=O)N1CC(O[Si](C)(C)C(C)(C)C)Cn2nc([N+](=O)[O-])cc21. The normalized spacial score (nSPS) is 18.2. The van der Waals surface area contributed by atoms with Crippen LogP contribution in [0.4, 0.5) is 16.4 Å². The van der Waals surface area contributed by atoms with Gasteiger partial charge in [0, 0.05) is 0 Å². The predicted octanol–water partition coefficient (Wildman–Crippen LogP) is 3.94. The third-order valence-electron chi connectivity index (χ3n) is 4.85. The number of fused-ring (bicyclic) bond motifs is 1. The molecular formula is C17H30N4O5Si. The lowest BCUT2D eigenvalue weighted by Gasteiger charge is -2.41. The molecular weight excluding hydrogens is 368 g/mol. The Bertz CT molecular complexity index is 733. The Hall–Kier alpha value is -1.94. The summed E-state index contributed by atoms with van der Waals surface area (Å²) < 4.78 is 13.4. The molecule has 1 aliphatic rings. The molecule has 0 spiro atoms. The molecule has 0 fully saturated rings. The van der Waals surface area contributed by atoms with Crippen molar-refractivity contribution in [3.05, 3.63) is 16.2 Å². The minimum absolute atomic E-state index is 0.000138. The van der Waals surface area contributed by atoms with Crippen LogP contribution in [0.5, 0.6) is 0 Å². The molecule has 1 unspecified atom stereocenters. The van der Waals surface area contributed by atoms with Crippen LogP contribution in [0.25, 0.3) is 0 Å². The number of amides is 1. The van der Waals surface area contributed by atoms with Crippen molar-refractivity contribution in [1.29, 1.82) is 0 Å². The third kappa shape index (κ3) is 4.86. The Labute approximate surface area is 160 Å². The van der Waals surface area contributed by atoms with Crippen molar-refractivity contribution in [1.82, 2.24) is 9.78 Å². The van der Waals surface area contributed by atoms with Gasteiger partial charge in [0.15, 0.2) is 14.1 Å².